The van der Waals surface area contributed by atoms with Crippen LogP contribution in [0.15, 0.2) is 30.3 Å². The molecule has 0 bridgehead atoms. The molecular formula is C12H6ClF3O2. The van der Waals surface area contributed by atoms with Crippen molar-refractivity contribution in [3.63, 3.8) is 0 Å². The largest absolute Gasteiger partial charge is 0.478 e. The van der Waals surface area contributed by atoms with Crippen LogP contribution in [-0.2, 0) is 6.18 Å². The minimum atomic E-state index is -4.63. The van der Waals surface area contributed by atoms with Gasteiger partial charge in [-0.2, -0.15) is 13.2 Å². The van der Waals surface area contributed by atoms with Gasteiger partial charge in [0.25, 0.3) is 0 Å². The Morgan fingerprint density at radius 1 is 1.11 bits per heavy atom. The molecule has 2 rings (SSSR count). The molecule has 0 aliphatic heterocycles. The molecule has 0 amide bonds. The van der Waals surface area contributed by atoms with Gasteiger partial charge in [0.2, 0.25) is 0 Å². The predicted molar refractivity (Wildman–Crippen MR) is 60.9 cm³/mol. The van der Waals surface area contributed by atoms with Crippen LogP contribution in [0.2, 0.25) is 5.02 Å². The zero-order valence-electron chi connectivity index (χ0n) is 8.75. The summed E-state index contributed by atoms with van der Waals surface area (Å²) in [6.45, 7) is 0. The maximum Gasteiger partial charge on any atom is 0.418 e. The van der Waals surface area contributed by atoms with Gasteiger partial charge in [0.1, 0.15) is 0 Å². The second-order valence-electron chi connectivity index (χ2n) is 3.63. The van der Waals surface area contributed by atoms with E-state index in [4.69, 9.17) is 16.7 Å². The Balaban J connectivity index is 2.91. The van der Waals surface area contributed by atoms with Gasteiger partial charge in [0.15, 0.2) is 0 Å². The average molecular weight is 275 g/mol. The lowest BCUT2D eigenvalue weighted by atomic mass is 10.00. The van der Waals surface area contributed by atoms with Crippen molar-refractivity contribution in [2.45, 2.75) is 6.18 Å². The minimum absolute atomic E-state index is 0.0155. The summed E-state index contributed by atoms with van der Waals surface area (Å²) in [6, 6.07) is 6.04. The molecule has 0 radical (unpaired) electrons. The van der Waals surface area contributed by atoms with Crippen molar-refractivity contribution in [2.75, 3.05) is 0 Å². The van der Waals surface area contributed by atoms with Gasteiger partial charge in [-0.15, -0.1) is 0 Å². The highest BCUT2D eigenvalue weighted by Gasteiger charge is 2.35. The first-order valence-corrected chi connectivity index (χ1v) is 5.22. The van der Waals surface area contributed by atoms with E-state index in [2.05, 4.69) is 0 Å². The second kappa shape index (κ2) is 4.17. The molecular weight excluding hydrogens is 269 g/mol. The molecule has 0 unspecified atom stereocenters. The summed E-state index contributed by atoms with van der Waals surface area (Å²) < 4.78 is 38.6. The molecule has 0 heterocycles. The van der Waals surface area contributed by atoms with Crippen molar-refractivity contribution < 1.29 is 23.1 Å². The molecule has 0 aliphatic carbocycles. The molecule has 1 N–H and O–H groups in total. The number of carbonyl (C=O) groups is 1. The van der Waals surface area contributed by atoms with E-state index >= 15 is 0 Å². The lowest BCUT2D eigenvalue weighted by Gasteiger charge is -2.13. The monoisotopic (exact) mass is 274 g/mol. The van der Waals surface area contributed by atoms with Crippen LogP contribution >= 0.6 is 11.6 Å². The Morgan fingerprint density at radius 2 is 1.78 bits per heavy atom. The number of benzene rings is 2. The van der Waals surface area contributed by atoms with Crippen molar-refractivity contribution in [2.24, 2.45) is 0 Å². The van der Waals surface area contributed by atoms with Gasteiger partial charge in [-0.3, -0.25) is 0 Å². The smallest absolute Gasteiger partial charge is 0.418 e. The summed E-state index contributed by atoms with van der Waals surface area (Å²) in [4.78, 5) is 10.9. The van der Waals surface area contributed by atoms with E-state index < -0.39 is 22.7 Å². The van der Waals surface area contributed by atoms with Gasteiger partial charge in [-0.25, -0.2) is 4.79 Å². The van der Waals surface area contributed by atoms with Gasteiger partial charge in [0, 0.05) is 0 Å². The Labute approximate surface area is 105 Å². The molecule has 0 fully saturated rings. The summed E-state index contributed by atoms with van der Waals surface area (Å²) >= 11 is 5.55. The lowest BCUT2D eigenvalue weighted by molar-refractivity contribution is -0.136. The number of halogens is 4. The van der Waals surface area contributed by atoms with Crippen LogP contribution in [0, 0.1) is 0 Å². The van der Waals surface area contributed by atoms with Crippen LogP contribution in [0.4, 0.5) is 13.2 Å². The fourth-order valence-corrected chi connectivity index (χ4v) is 2.08. The maximum absolute atomic E-state index is 12.9. The zero-order chi connectivity index (χ0) is 13.5. The van der Waals surface area contributed by atoms with Crippen LogP contribution in [0.25, 0.3) is 10.8 Å². The summed E-state index contributed by atoms with van der Waals surface area (Å²) in [5.74, 6) is -1.28. The molecule has 2 aromatic carbocycles. The summed E-state index contributed by atoms with van der Waals surface area (Å²) in [6.07, 6.45) is -4.63. The molecule has 0 saturated heterocycles. The highest BCUT2D eigenvalue weighted by atomic mass is 35.5. The third kappa shape index (κ3) is 2.01. The molecule has 6 heteroatoms. The van der Waals surface area contributed by atoms with Gasteiger partial charge in [-0.1, -0.05) is 29.8 Å². The first kappa shape index (κ1) is 12.7. The van der Waals surface area contributed by atoms with E-state index in [1.807, 2.05) is 0 Å². The van der Waals surface area contributed by atoms with Crippen LogP contribution in [-0.4, -0.2) is 11.1 Å². The third-order valence-electron chi connectivity index (χ3n) is 2.52. The Hall–Kier alpha value is -1.75. The summed E-state index contributed by atoms with van der Waals surface area (Å²) in [7, 11) is 0. The van der Waals surface area contributed by atoms with Gasteiger partial charge in [0.05, 0.1) is 16.1 Å². The summed E-state index contributed by atoms with van der Waals surface area (Å²) in [5.41, 5.74) is -1.19. The molecule has 0 spiro atoms. The Bertz CT molecular complexity index is 635. The van der Waals surface area contributed by atoms with Crippen molar-refractivity contribution in [3.8, 4) is 0 Å². The van der Waals surface area contributed by atoms with Gasteiger partial charge >= 0.3 is 12.1 Å². The van der Waals surface area contributed by atoms with Crippen LogP contribution < -0.4 is 0 Å². The fraction of sp³-hybridized carbons (Fsp3) is 0.0833. The van der Waals surface area contributed by atoms with Crippen LogP contribution in [0.5, 0.6) is 0 Å². The molecule has 0 atom stereocenters. The first-order chi connectivity index (χ1) is 8.32. The van der Waals surface area contributed by atoms with Gasteiger partial charge in [-0.05, 0) is 22.9 Å². The van der Waals surface area contributed by atoms with E-state index in [-0.39, 0.29) is 16.3 Å². The standard InChI is InChI=1S/C12H6ClF3O2/c13-9-5-4-6-7(10(9)12(14,15)16)2-1-3-8(6)11(17)18/h1-5H,(H,17,18). The highest BCUT2D eigenvalue weighted by Crippen LogP contribution is 2.40. The van der Waals surface area contributed by atoms with Crippen molar-refractivity contribution in [1.82, 2.24) is 0 Å². The molecule has 94 valence electrons. The highest BCUT2D eigenvalue weighted by molar-refractivity contribution is 6.32. The number of aromatic carboxylic acids is 1. The molecule has 0 aromatic heterocycles. The SMILES string of the molecule is O=C(O)c1cccc2c(C(F)(F)F)c(Cl)ccc12. The molecule has 2 aromatic rings. The van der Waals surface area contributed by atoms with E-state index in [1.165, 1.54) is 24.3 Å². The fourth-order valence-electron chi connectivity index (χ4n) is 1.81. The quantitative estimate of drug-likeness (QED) is 0.846. The maximum atomic E-state index is 12.9. The number of hydrogen-bond acceptors (Lipinski definition) is 1. The molecule has 18 heavy (non-hydrogen) atoms. The van der Waals surface area contributed by atoms with E-state index in [1.54, 1.807) is 0 Å². The van der Waals surface area contributed by atoms with Crippen LogP contribution in [0.1, 0.15) is 15.9 Å². The van der Waals surface area contributed by atoms with Gasteiger partial charge < -0.3 is 5.11 Å². The summed E-state index contributed by atoms with van der Waals surface area (Å²) in [5, 5.41) is 8.29. The first-order valence-electron chi connectivity index (χ1n) is 4.84. The third-order valence-corrected chi connectivity index (χ3v) is 2.84. The Morgan fingerprint density at radius 3 is 2.33 bits per heavy atom. The van der Waals surface area contributed by atoms with E-state index in [9.17, 15) is 18.0 Å². The average Bonchev–Trinajstić information content (AvgIpc) is 2.25. The minimum Gasteiger partial charge on any atom is -0.478 e. The lowest BCUT2D eigenvalue weighted by Crippen LogP contribution is -2.08. The zero-order valence-corrected chi connectivity index (χ0v) is 9.51. The topological polar surface area (TPSA) is 37.3 Å². The molecule has 0 saturated carbocycles. The number of alkyl halides is 3. The second-order valence-corrected chi connectivity index (χ2v) is 4.03. The number of rotatable bonds is 1. The normalized spacial score (nSPS) is 11.8. The van der Waals surface area contributed by atoms with E-state index in [0.29, 0.717) is 0 Å². The number of hydrogen-bond donors (Lipinski definition) is 1. The number of carboxylic acid groups (broad SMARTS) is 1. The van der Waals surface area contributed by atoms with E-state index in [0.717, 1.165) is 6.07 Å². The molecule has 2 nitrogen and oxygen atoms in total. The van der Waals surface area contributed by atoms with Crippen LogP contribution in [0.3, 0.4) is 0 Å². The Kier molecular flexibility index (Phi) is 2.94. The van der Waals surface area contributed by atoms with Crippen molar-refractivity contribution >= 4 is 28.3 Å². The van der Waals surface area contributed by atoms with Crippen molar-refractivity contribution in [1.29, 1.82) is 0 Å². The molecule has 0 aliphatic rings. The predicted octanol–water partition coefficient (Wildman–Crippen LogP) is 4.21. The van der Waals surface area contributed by atoms with Crippen molar-refractivity contribution in [3.05, 3.63) is 46.5 Å². The number of fused-ring (bicyclic) bond motifs is 1. The number of carboxylic acids is 1.